The van der Waals surface area contributed by atoms with E-state index in [0.29, 0.717) is 17.2 Å². The molecule has 1 rings (SSSR count). The number of carbonyl (C=O) groups excluding carboxylic acids is 1. The Hall–Kier alpha value is -1.51. The number of alkyl carbamates (subject to hydrolysis) is 1. The molecule has 0 saturated carbocycles. The monoisotopic (exact) mass is 489 g/mol. The summed E-state index contributed by atoms with van der Waals surface area (Å²) in [6.45, 7) is 16.0. The van der Waals surface area contributed by atoms with Crippen LogP contribution >= 0.6 is 11.6 Å². The summed E-state index contributed by atoms with van der Waals surface area (Å²) in [6.07, 6.45) is 2.25. The second-order valence-corrected chi connectivity index (χ2v) is 17.3. The SMILES string of the molecule is CC(C)(C)OC(=O)N[C@H](/C=C/S(C)(=O)=O)Cc1ccc(O[Si](C)(C)C(C)(C)C)c(Cl)c1. The van der Waals surface area contributed by atoms with Gasteiger partial charge < -0.3 is 14.5 Å². The normalized spacial score (nSPS) is 14.4. The predicted octanol–water partition coefficient (Wildman–Crippen LogP) is 5.72. The molecule has 1 atom stereocenters. The second kappa shape index (κ2) is 9.96. The van der Waals surface area contributed by atoms with E-state index in [0.717, 1.165) is 17.2 Å². The van der Waals surface area contributed by atoms with Crippen LogP contribution in [0.1, 0.15) is 47.1 Å². The van der Waals surface area contributed by atoms with E-state index in [1.807, 2.05) is 12.1 Å². The average Bonchev–Trinajstić information content (AvgIpc) is 2.51. The highest BCUT2D eigenvalue weighted by atomic mass is 35.5. The zero-order chi connectivity index (χ0) is 24.3. The van der Waals surface area contributed by atoms with Crippen LogP contribution < -0.4 is 9.74 Å². The standard InChI is InChI=1S/C22H36ClNO5SSi/c1-21(2,3)28-20(25)24-17(12-13-30(7,26)27)14-16-10-11-19(18(23)15-16)29-31(8,9)22(4,5)6/h10-13,15,17H,14H2,1-9H3,(H,24,25)/b13-12+/t17-/m1/s1. The van der Waals surface area contributed by atoms with Crippen molar-refractivity contribution in [3.05, 3.63) is 40.3 Å². The predicted molar refractivity (Wildman–Crippen MR) is 130 cm³/mol. The number of benzene rings is 1. The fourth-order valence-electron chi connectivity index (χ4n) is 2.30. The van der Waals surface area contributed by atoms with Gasteiger partial charge in [0.25, 0.3) is 8.32 Å². The molecule has 31 heavy (non-hydrogen) atoms. The maximum absolute atomic E-state index is 12.2. The fourth-order valence-corrected chi connectivity index (χ4v) is 4.12. The van der Waals surface area contributed by atoms with Gasteiger partial charge in [0.15, 0.2) is 9.84 Å². The molecule has 0 spiro atoms. The molecule has 0 aliphatic carbocycles. The van der Waals surface area contributed by atoms with Crippen LogP contribution in [-0.4, -0.2) is 40.7 Å². The Balaban J connectivity index is 3.07. The molecule has 0 bridgehead atoms. The highest BCUT2D eigenvalue weighted by Crippen LogP contribution is 2.39. The van der Waals surface area contributed by atoms with E-state index in [-0.39, 0.29) is 5.04 Å². The third-order valence-corrected chi connectivity index (χ3v) is 10.2. The molecule has 0 fully saturated rings. The summed E-state index contributed by atoms with van der Waals surface area (Å²) in [5.41, 5.74) is 0.160. The third-order valence-electron chi connectivity index (χ3n) is 4.88. The lowest BCUT2D eigenvalue weighted by Gasteiger charge is -2.36. The average molecular weight is 490 g/mol. The number of ether oxygens (including phenoxy) is 1. The van der Waals surface area contributed by atoms with Crippen molar-refractivity contribution in [2.75, 3.05) is 6.26 Å². The number of carbonyl (C=O) groups is 1. The minimum atomic E-state index is -3.35. The first kappa shape index (κ1) is 27.5. The third kappa shape index (κ3) is 10.1. The first-order valence-electron chi connectivity index (χ1n) is 10.1. The van der Waals surface area contributed by atoms with Crippen LogP contribution in [0.25, 0.3) is 0 Å². The van der Waals surface area contributed by atoms with Crippen molar-refractivity contribution in [3.8, 4) is 5.75 Å². The van der Waals surface area contributed by atoms with Gasteiger partial charge in [-0.25, -0.2) is 13.2 Å². The van der Waals surface area contributed by atoms with Crippen LogP contribution in [0.5, 0.6) is 5.75 Å². The second-order valence-electron chi connectivity index (χ2n) is 10.2. The fraction of sp³-hybridized carbons (Fsp3) is 0.591. The highest BCUT2D eigenvalue weighted by molar-refractivity contribution is 7.93. The summed E-state index contributed by atoms with van der Waals surface area (Å²) in [5.74, 6) is 0.625. The van der Waals surface area contributed by atoms with Gasteiger partial charge in [0.2, 0.25) is 0 Å². The Labute approximate surface area is 193 Å². The molecule has 0 aromatic heterocycles. The molecular weight excluding hydrogens is 454 g/mol. The van der Waals surface area contributed by atoms with E-state index in [2.05, 4.69) is 39.2 Å². The van der Waals surface area contributed by atoms with Gasteiger partial charge in [-0.15, -0.1) is 0 Å². The number of sulfone groups is 1. The lowest BCUT2D eigenvalue weighted by molar-refractivity contribution is 0.0514. The molecule has 9 heteroatoms. The number of amides is 1. The van der Waals surface area contributed by atoms with Crippen LogP contribution in [-0.2, 0) is 21.0 Å². The number of hydrogen-bond acceptors (Lipinski definition) is 5. The largest absolute Gasteiger partial charge is 0.543 e. The Morgan fingerprint density at radius 1 is 1.19 bits per heavy atom. The van der Waals surface area contributed by atoms with Crippen molar-refractivity contribution in [2.24, 2.45) is 0 Å². The van der Waals surface area contributed by atoms with Gasteiger partial charge >= 0.3 is 6.09 Å². The van der Waals surface area contributed by atoms with Crippen molar-refractivity contribution in [2.45, 2.75) is 77.7 Å². The molecule has 6 nitrogen and oxygen atoms in total. The highest BCUT2D eigenvalue weighted by Gasteiger charge is 2.39. The van der Waals surface area contributed by atoms with Gasteiger partial charge in [-0.3, -0.25) is 0 Å². The zero-order valence-electron chi connectivity index (χ0n) is 20.0. The van der Waals surface area contributed by atoms with Crippen molar-refractivity contribution in [1.29, 1.82) is 0 Å². The summed E-state index contributed by atoms with van der Waals surface area (Å²) < 4.78 is 34.7. The minimum Gasteiger partial charge on any atom is -0.543 e. The van der Waals surface area contributed by atoms with Gasteiger partial charge in [0.05, 0.1) is 11.1 Å². The maximum atomic E-state index is 12.2. The quantitative estimate of drug-likeness (QED) is 0.495. The number of rotatable bonds is 7. The topological polar surface area (TPSA) is 81.7 Å². The summed E-state index contributed by atoms with van der Waals surface area (Å²) in [5, 5.41) is 4.29. The van der Waals surface area contributed by atoms with Gasteiger partial charge in [-0.1, -0.05) is 44.5 Å². The molecular formula is C22H36ClNO5SSi. The first-order valence-corrected chi connectivity index (χ1v) is 15.4. The molecule has 0 heterocycles. The van der Waals surface area contributed by atoms with Gasteiger partial charge in [0, 0.05) is 11.7 Å². The Morgan fingerprint density at radius 2 is 1.77 bits per heavy atom. The van der Waals surface area contributed by atoms with Crippen LogP contribution in [0.3, 0.4) is 0 Å². The van der Waals surface area contributed by atoms with E-state index in [1.165, 1.54) is 6.08 Å². The van der Waals surface area contributed by atoms with Crippen molar-refractivity contribution < 1.29 is 22.4 Å². The van der Waals surface area contributed by atoms with Crippen molar-refractivity contribution in [1.82, 2.24) is 5.32 Å². The molecule has 0 saturated heterocycles. The number of hydrogen-bond donors (Lipinski definition) is 1. The summed E-state index contributed by atoms with van der Waals surface area (Å²) in [4.78, 5) is 12.2. The van der Waals surface area contributed by atoms with E-state index >= 15 is 0 Å². The van der Waals surface area contributed by atoms with Crippen LogP contribution in [0.4, 0.5) is 4.79 Å². The van der Waals surface area contributed by atoms with Crippen molar-refractivity contribution >= 4 is 35.8 Å². The van der Waals surface area contributed by atoms with Gasteiger partial charge in [-0.2, -0.15) is 0 Å². The van der Waals surface area contributed by atoms with Gasteiger partial charge in [-0.05, 0) is 63.0 Å². The molecule has 1 N–H and O–H groups in total. The van der Waals surface area contributed by atoms with Crippen LogP contribution in [0.15, 0.2) is 29.7 Å². The zero-order valence-corrected chi connectivity index (χ0v) is 22.6. The molecule has 1 amide bonds. The van der Waals surface area contributed by atoms with Crippen LogP contribution in [0, 0.1) is 0 Å². The van der Waals surface area contributed by atoms with E-state index in [9.17, 15) is 13.2 Å². The molecule has 176 valence electrons. The molecule has 1 aromatic carbocycles. The van der Waals surface area contributed by atoms with E-state index < -0.39 is 35.9 Å². The summed E-state index contributed by atoms with van der Waals surface area (Å²) in [6, 6.07) is 4.88. The molecule has 0 aliphatic rings. The summed E-state index contributed by atoms with van der Waals surface area (Å²) in [7, 11) is -5.39. The molecule has 0 unspecified atom stereocenters. The van der Waals surface area contributed by atoms with E-state index in [4.69, 9.17) is 20.8 Å². The molecule has 0 aliphatic heterocycles. The maximum Gasteiger partial charge on any atom is 0.408 e. The lowest BCUT2D eigenvalue weighted by atomic mass is 10.1. The molecule has 1 aromatic rings. The van der Waals surface area contributed by atoms with E-state index in [1.54, 1.807) is 26.8 Å². The smallest absolute Gasteiger partial charge is 0.408 e. The summed E-state index contributed by atoms with van der Waals surface area (Å²) >= 11 is 6.48. The number of halogens is 1. The minimum absolute atomic E-state index is 0.0356. The Morgan fingerprint density at radius 3 is 2.23 bits per heavy atom. The van der Waals surface area contributed by atoms with Gasteiger partial charge in [0.1, 0.15) is 11.4 Å². The Kier molecular flexibility index (Phi) is 8.84. The van der Waals surface area contributed by atoms with Crippen molar-refractivity contribution in [3.63, 3.8) is 0 Å². The first-order chi connectivity index (χ1) is 13.8. The van der Waals surface area contributed by atoms with Crippen LogP contribution in [0.2, 0.25) is 23.2 Å². The Bertz CT molecular complexity index is 915. The lowest BCUT2D eigenvalue weighted by Crippen LogP contribution is -2.43. The molecule has 0 radical (unpaired) electrons. The number of nitrogens with one attached hydrogen (secondary N) is 1.